The van der Waals surface area contributed by atoms with Gasteiger partial charge in [0.05, 0.1) is 5.69 Å². The summed E-state index contributed by atoms with van der Waals surface area (Å²) in [6.07, 6.45) is 2.00. The number of urea groups is 1. The lowest BCUT2D eigenvalue weighted by Gasteiger charge is -2.19. The van der Waals surface area contributed by atoms with Crippen molar-refractivity contribution in [1.29, 1.82) is 0 Å². The molecule has 0 aliphatic carbocycles. The molecule has 1 aromatic heterocycles. The first-order valence-electron chi connectivity index (χ1n) is 8.62. The first-order chi connectivity index (χ1) is 13.4. The molecular formula is C20H16FN3O4. The van der Waals surface area contributed by atoms with Crippen LogP contribution in [0.4, 0.5) is 14.9 Å². The molecule has 0 bridgehead atoms. The number of nitrogens with zero attached hydrogens (tertiary/aromatic N) is 2. The van der Waals surface area contributed by atoms with Crippen LogP contribution in [-0.2, 0) is 6.42 Å². The van der Waals surface area contributed by atoms with Gasteiger partial charge in [-0.15, -0.1) is 0 Å². The standard InChI is InChI=1S/C20H16FN3O4/c21-13-3-1-11(2-4-13)7-12-8-14-16(24-6-5-22-20(24)28)9-15(19(26)27)18(25)17(14)23-10-12/h1-4,8-10,25H,5-7H2,(H,22,28)(H,26,27). The summed E-state index contributed by atoms with van der Waals surface area (Å²) in [6, 6.07) is 8.78. The largest absolute Gasteiger partial charge is 0.505 e. The Kier molecular flexibility index (Phi) is 4.31. The number of amides is 2. The minimum absolute atomic E-state index is 0.109. The van der Waals surface area contributed by atoms with Crippen molar-refractivity contribution < 1.29 is 24.2 Å². The maximum atomic E-state index is 13.1. The minimum Gasteiger partial charge on any atom is -0.505 e. The van der Waals surface area contributed by atoms with Crippen molar-refractivity contribution in [3.63, 3.8) is 0 Å². The van der Waals surface area contributed by atoms with Crippen LogP contribution >= 0.6 is 0 Å². The van der Waals surface area contributed by atoms with E-state index in [0.717, 1.165) is 11.1 Å². The molecule has 3 aromatic rings. The molecule has 1 fully saturated rings. The quantitative estimate of drug-likeness (QED) is 0.645. The molecule has 0 spiro atoms. The van der Waals surface area contributed by atoms with Crippen LogP contribution in [-0.4, -0.2) is 40.3 Å². The maximum absolute atomic E-state index is 13.1. The Morgan fingerprint density at radius 3 is 2.61 bits per heavy atom. The minimum atomic E-state index is -1.31. The van der Waals surface area contributed by atoms with E-state index in [4.69, 9.17) is 0 Å². The number of carboxylic acids is 1. The zero-order chi connectivity index (χ0) is 19.8. The number of carboxylic acid groups (broad SMARTS) is 1. The van der Waals surface area contributed by atoms with Crippen molar-refractivity contribution in [3.8, 4) is 5.75 Å². The first-order valence-corrected chi connectivity index (χ1v) is 8.62. The van der Waals surface area contributed by atoms with Crippen LogP contribution in [0, 0.1) is 5.82 Å². The number of rotatable bonds is 4. The van der Waals surface area contributed by atoms with Gasteiger partial charge in [-0.3, -0.25) is 9.88 Å². The molecule has 2 aromatic carbocycles. The number of hydrogen-bond donors (Lipinski definition) is 3. The van der Waals surface area contributed by atoms with Crippen LogP contribution in [0.25, 0.3) is 10.9 Å². The van der Waals surface area contributed by atoms with Gasteiger partial charge in [0.2, 0.25) is 0 Å². The highest BCUT2D eigenvalue weighted by Gasteiger charge is 2.27. The van der Waals surface area contributed by atoms with Gasteiger partial charge in [-0.2, -0.15) is 0 Å². The van der Waals surface area contributed by atoms with E-state index in [1.165, 1.54) is 29.3 Å². The van der Waals surface area contributed by atoms with E-state index in [9.17, 15) is 24.2 Å². The highest BCUT2D eigenvalue weighted by atomic mass is 19.1. The number of hydrogen-bond acceptors (Lipinski definition) is 4. The van der Waals surface area contributed by atoms with Gasteiger partial charge in [-0.1, -0.05) is 12.1 Å². The highest BCUT2D eigenvalue weighted by Crippen LogP contribution is 2.36. The number of carbonyl (C=O) groups is 2. The number of anilines is 1. The molecule has 3 N–H and O–H groups in total. The number of pyridine rings is 1. The third-order valence-electron chi connectivity index (χ3n) is 4.68. The van der Waals surface area contributed by atoms with E-state index < -0.39 is 11.7 Å². The van der Waals surface area contributed by atoms with Crippen molar-refractivity contribution in [1.82, 2.24) is 10.3 Å². The number of carbonyl (C=O) groups excluding carboxylic acids is 1. The molecule has 2 heterocycles. The predicted molar refractivity (Wildman–Crippen MR) is 100 cm³/mol. The number of benzene rings is 2. The smallest absolute Gasteiger partial charge is 0.339 e. The summed E-state index contributed by atoms with van der Waals surface area (Å²) in [7, 11) is 0. The molecule has 142 valence electrons. The predicted octanol–water partition coefficient (Wildman–Crippen LogP) is 2.90. The zero-order valence-electron chi connectivity index (χ0n) is 14.6. The summed E-state index contributed by atoms with van der Waals surface area (Å²) in [4.78, 5) is 29.3. The monoisotopic (exact) mass is 381 g/mol. The average Bonchev–Trinajstić information content (AvgIpc) is 3.09. The SMILES string of the molecule is O=C(O)c1cc(N2CCNC2=O)c2cc(Cc3ccc(F)cc3)cnc2c1O. The molecule has 0 atom stereocenters. The number of aromatic hydroxyl groups is 1. The lowest BCUT2D eigenvalue weighted by Crippen LogP contribution is -2.28. The fourth-order valence-corrected chi connectivity index (χ4v) is 3.32. The van der Waals surface area contributed by atoms with Crippen molar-refractivity contribution in [2.75, 3.05) is 18.0 Å². The lowest BCUT2D eigenvalue weighted by atomic mass is 10.0. The summed E-state index contributed by atoms with van der Waals surface area (Å²) >= 11 is 0. The Labute approximate surface area is 159 Å². The Hall–Kier alpha value is -3.68. The van der Waals surface area contributed by atoms with E-state index >= 15 is 0 Å². The Balaban J connectivity index is 1.86. The van der Waals surface area contributed by atoms with Crippen molar-refractivity contribution >= 4 is 28.6 Å². The van der Waals surface area contributed by atoms with Crippen LogP contribution in [0.2, 0.25) is 0 Å². The van der Waals surface area contributed by atoms with Crippen LogP contribution in [0.15, 0.2) is 42.6 Å². The molecule has 4 rings (SSSR count). The van der Waals surface area contributed by atoms with Gasteiger partial charge in [0.15, 0.2) is 5.75 Å². The molecule has 8 heteroatoms. The van der Waals surface area contributed by atoms with E-state index in [1.54, 1.807) is 18.2 Å². The molecular weight excluding hydrogens is 365 g/mol. The molecule has 0 saturated carbocycles. The lowest BCUT2D eigenvalue weighted by molar-refractivity contribution is 0.0694. The van der Waals surface area contributed by atoms with E-state index in [-0.39, 0.29) is 22.9 Å². The number of fused-ring (bicyclic) bond motifs is 1. The highest BCUT2D eigenvalue weighted by molar-refractivity contribution is 6.09. The molecule has 28 heavy (non-hydrogen) atoms. The fourth-order valence-electron chi connectivity index (χ4n) is 3.32. The van der Waals surface area contributed by atoms with Crippen molar-refractivity contribution in [3.05, 3.63) is 65.1 Å². The van der Waals surface area contributed by atoms with Crippen LogP contribution in [0.5, 0.6) is 5.75 Å². The maximum Gasteiger partial charge on any atom is 0.339 e. The van der Waals surface area contributed by atoms with Gasteiger partial charge < -0.3 is 15.5 Å². The second-order valence-corrected chi connectivity index (χ2v) is 6.52. The molecule has 1 saturated heterocycles. The fraction of sp³-hybridized carbons (Fsp3) is 0.150. The van der Waals surface area contributed by atoms with Gasteiger partial charge in [-0.05, 0) is 41.8 Å². The molecule has 1 aliphatic rings. The average molecular weight is 381 g/mol. The second-order valence-electron chi connectivity index (χ2n) is 6.52. The van der Waals surface area contributed by atoms with Crippen LogP contribution in [0.1, 0.15) is 21.5 Å². The van der Waals surface area contributed by atoms with Gasteiger partial charge in [0.1, 0.15) is 16.9 Å². The van der Waals surface area contributed by atoms with Gasteiger partial charge in [-0.25, -0.2) is 14.0 Å². The Morgan fingerprint density at radius 1 is 1.21 bits per heavy atom. The molecule has 1 aliphatic heterocycles. The van der Waals surface area contributed by atoms with E-state index in [0.29, 0.717) is 30.6 Å². The van der Waals surface area contributed by atoms with Crippen molar-refractivity contribution in [2.24, 2.45) is 0 Å². The number of nitrogens with one attached hydrogen (secondary N) is 1. The number of halogens is 1. The Bertz CT molecular complexity index is 1100. The molecule has 0 radical (unpaired) electrons. The van der Waals surface area contributed by atoms with Crippen molar-refractivity contribution in [2.45, 2.75) is 6.42 Å². The Morgan fingerprint density at radius 2 is 1.96 bits per heavy atom. The summed E-state index contributed by atoms with van der Waals surface area (Å²) < 4.78 is 13.1. The summed E-state index contributed by atoms with van der Waals surface area (Å²) in [5.74, 6) is -2.08. The molecule has 2 amide bonds. The summed E-state index contributed by atoms with van der Waals surface area (Å²) in [5, 5.41) is 22.9. The van der Waals surface area contributed by atoms with Gasteiger partial charge >= 0.3 is 12.0 Å². The topological polar surface area (TPSA) is 103 Å². The van der Waals surface area contributed by atoms with E-state index in [1.807, 2.05) is 0 Å². The third-order valence-corrected chi connectivity index (χ3v) is 4.68. The molecule has 7 nitrogen and oxygen atoms in total. The number of aromatic carboxylic acids is 1. The van der Waals surface area contributed by atoms with Gasteiger partial charge in [0.25, 0.3) is 0 Å². The van der Waals surface area contributed by atoms with Crippen LogP contribution < -0.4 is 10.2 Å². The normalized spacial score (nSPS) is 13.8. The van der Waals surface area contributed by atoms with Gasteiger partial charge in [0, 0.05) is 24.7 Å². The molecule has 0 unspecified atom stereocenters. The second kappa shape index (κ2) is 6.80. The number of phenols is 1. The van der Waals surface area contributed by atoms with Crippen LogP contribution in [0.3, 0.4) is 0 Å². The first kappa shape index (κ1) is 17.7. The summed E-state index contributed by atoms with van der Waals surface area (Å²) in [5.41, 5.74) is 1.81. The zero-order valence-corrected chi connectivity index (χ0v) is 14.6. The summed E-state index contributed by atoms with van der Waals surface area (Å²) in [6.45, 7) is 0.812. The third kappa shape index (κ3) is 3.09. The number of aromatic nitrogens is 1. The van der Waals surface area contributed by atoms with E-state index in [2.05, 4.69) is 10.3 Å².